The van der Waals surface area contributed by atoms with Crippen molar-refractivity contribution < 1.29 is 9.84 Å². The predicted octanol–water partition coefficient (Wildman–Crippen LogP) is 3.84. The molecule has 3 N–H and O–H groups in total. The highest BCUT2D eigenvalue weighted by Gasteiger charge is 2.25. The Morgan fingerprint density at radius 2 is 1.86 bits per heavy atom. The van der Waals surface area contributed by atoms with E-state index in [0.717, 1.165) is 74.9 Å². The van der Waals surface area contributed by atoms with Gasteiger partial charge in [-0.1, -0.05) is 6.92 Å². The van der Waals surface area contributed by atoms with Gasteiger partial charge in [-0.15, -0.1) is 0 Å². The van der Waals surface area contributed by atoms with Crippen LogP contribution in [0.5, 0.6) is 0 Å². The van der Waals surface area contributed by atoms with Gasteiger partial charge in [-0.05, 0) is 57.8 Å². The van der Waals surface area contributed by atoms with Crippen LogP contribution in [-0.4, -0.2) is 51.5 Å². The molecule has 4 rings (SSSR count). The quantitative estimate of drug-likeness (QED) is 0.679. The van der Waals surface area contributed by atoms with Gasteiger partial charge >= 0.3 is 0 Å². The fraction of sp³-hybridized carbons (Fsp3) is 0.682. The predicted molar refractivity (Wildman–Crippen MR) is 115 cm³/mol. The highest BCUT2D eigenvalue weighted by Crippen LogP contribution is 2.37. The zero-order chi connectivity index (χ0) is 20.2. The first kappa shape index (κ1) is 20.3. The van der Waals surface area contributed by atoms with E-state index in [1.807, 2.05) is 12.4 Å². The van der Waals surface area contributed by atoms with E-state index in [0.29, 0.717) is 23.9 Å². The Bertz CT molecular complexity index is 816. The van der Waals surface area contributed by atoms with Crippen molar-refractivity contribution in [1.82, 2.24) is 15.0 Å². The molecule has 0 spiro atoms. The SMILES string of the molecule is CC[C@H](C)Nc1ncc2c(NC3CCOCC3)ncc(C3CCC(O)CC3)c2n1. The van der Waals surface area contributed by atoms with Crippen LogP contribution in [-0.2, 0) is 4.74 Å². The van der Waals surface area contributed by atoms with Crippen LogP contribution in [0.1, 0.15) is 70.3 Å². The number of aromatic nitrogens is 3. The molecule has 2 aromatic rings. The summed E-state index contributed by atoms with van der Waals surface area (Å²) in [6.07, 6.45) is 10.4. The van der Waals surface area contributed by atoms with Crippen molar-refractivity contribution in [2.24, 2.45) is 0 Å². The van der Waals surface area contributed by atoms with E-state index in [-0.39, 0.29) is 6.10 Å². The summed E-state index contributed by atoms with van der Waals surface area (Å²) in [6.45, 7) is 5.87. The number of fused-ring (bicyclic) bond motifs is 1. The van der Waals surface area contributed by atoms with E-state index in [1.54, 1.807) is 0 Å². The molecule has 7 nitrogen and oxygen atoms in total. The van der Waals surface area contributed by atoms with Gasteiger partial charge < -0.3 is 20.5 Å². The highest BCUT2D eigenvalue weighted by molar-refractivity contribution is 5.91. The zero-order valence-corrected chi connectivity index (χ0v) is 17.5. The fourth-order valence-corrected chi connectivity index (χ4v) is 4.27. The maximum absolute atomic E-state index is 9.91. The van der Waals surface area contributed by atoms with E-state index in [9.17, 15) is 5.11 Å². The lowest BCUT2D eigenvalue weighted by molar-refractivity contribution is 0.0904. The molecule has 0 bridgehead atoms. The molecule has 1 atom stereocenters. The number of nitrogens with one attached hydrogen (secondary N) is 2. The molecule has 3 heterocycles. The molecule has 0 amide bonds. The maximum atomic E-state index is 9.91. The number of pyridine rings is 1. The third-order valence-corrected chi connectivity index (χ3v) is 6.34. The first-order valence-electron chi connectivity index (χ1n) is 11.1. The van der Waals surface area contributed by atoms with Crippen molar-refractivity contribution in [1.29, 1.82) is 0 Å². The smallest absolute Gasteiger partial charge is 0.223 e. The highest BCUT2D eigenvalue weighted by atomic mass is 16.5. The van der Waals surface area contributed by atoms with Crippen LogP contribution in [0.15, 0.2) is 12.4 Å². The van der Waals surface area contributed by atoms with Crippen molar-refractivity contribution in [2.75, 3.05) is 23.8 Å². The fourth-order valence-electron chi connectivity index (χ4n) is 4.27. The second-order valence-corrected chi connectivity index (χ2v) is 8.51. The molecule has 158 valence electrons. The largest absolute Gasteiger partial charge is 0.393 e. The Morgan fingerprint density at radius 1 is 1.10 bits per heavy atom. The monoisotopic (exact) mass is 399 g/mol. The Balaban J connectivity index is 1.69. The number of hydrogen-bond acceptors (Lipinski definition) is 7. The number of rotatable bonds is 6. The molecular weight excluding hydrogens is 366 g/mol. The molecule has 1 aliphatic carbocycles. The van der Waals surface area contributed by atoms with Crippen molar-refractivity contribution in [2.45, 2.75) is 82.9 Å². The molecule has 2 fully saturated rings. The van der Waals surface area contributed by atoms with Crippen LogP contribution in [0.25, 0.3) is 10.9 Å². The van der Waals surface area contributed by atoms with E-state index in [1.165, 1.54) is 5.56 Å². The Labute approximate surface area is 172 Å². The standard InChI is InChI=1S/C22H33N5O2/c1-3-14(2)25-22-24-13-19-20(27-22)18(15-4-6-17(28)7-5-15)12-23-21(19)26-16-8-10-29-11-9-16/h12-17,28H,3-11H2,1-2H3,(H,23,26)(H,24,25,27)/t14-,15?,17?/m0/s1. The number of ether oxygens (including phenoxy) is 1. The second kappa shape index (κ2) is 9.22. The molecule has 0 unspecified atom stereocenters. The van der Waals surface area contributed by atoms with Gasteiger partial charge in [0, 0.05) is 43.3 Å². The topological polar surface area (TPSA) is 92.2 Å². The molecule has 0 radical (unpaired) electrons. The van der Waals surface area contributed by atoms with Crippen molar-refractivity contribution in [3.05, 3.63) is 18.0 Å². The van der Waals surface area contributed by atoms with Gasteiger partial charge in [0.05, 0.1) is 17.0 Å². The van der Waals surface area contributed by atoms with E-state index in [2.05, 4.69) is 29.5 Å². The summed E-state index contributed by atoms with van der Waals surface area (Å²) in [6, 6.07) is 0.690. The minimum Gasteiger partial charge on any atom is -0.393 e. The average Bonchev–Trinajstić information content (AvgIpc) is 2.75. The Morgan fingerprint density at radius 3 is 2.59 bits per heavy atom. The van der Waals surface area contributed by atoms with Gasteiger partial charge in [0.2, 0.25) is 5.95 Å². The molecule has 2 aromatic heterocycles. The lowest BCUT2D eigenvalue weighted by Gasteiger charge is -2.27. The zero-order valence-electron chi connectivity index (χ0n) is 17.5. The summed E-state index contributed by atoms with van der Waals surface area (Å²) in [7, 11) is 0. The normalized spacial score (nSPS) is 24.4. The van der Waals surface area contributed by atoms with Crippen molar-refractivity contribution >= 4 is 22.7 Å². The van der Waals surface area contributed by atoms with E-state index < -0.39 is 0 Å². The second-order valence-electron chi connectivity index (χ2n) is 8.51. The van der Waals surface area contributed by atoms with Crippen LogP contribution >= 0.6 is 0 Å². The minimum atomic E-state index is -0.169. The molecule has 29 heavy (non-hydrogen) atoms. The lowest BCUT2D eigenvalue weighted by Crippen LogP contribution is -2.28. The molecule has 2 aliphatic rings. The number of aliphatic hydroxyl groups is 1. The minimum absolute atomic E-state index is 0.169. The third kappa shape index (κ3) is 4.78. The van der Waals surface area contributed by atoms with Gasteiger partial charge in [0.25, 0.3) is 0 Å². The van der Waals surface area contributed by atoms with Gasteiger partial charge in [-0.3, -0.25) is 0 Å². The van der Waals surface area contributed by atoms with Crippen LogP contribution < -0.4 is 10.6 Å². The Hall–Kier alpha value is -1.99. The average molecular weight is 400 g/mol. The summed E-state index contributed by atoms with van der Waals surface area (Å²) in [5.74, 6) is 1.92. The summed E-state index contributed by atoms with van der Waals surface area (Å²) >= 11 is 0. The summed E-state index contributed by atoms with van der Waals surface area (Å²) < 4.78 is 5.48. The third-order valence-electron chi connectivity index (χ3n) is 6.34. The van der Waals surface area contributed by atoms with Crippen LogP contribution in [0.2, 0.25) is 0 Å². The van der Waals surface area contributed by atoms with Crippen molar-refractivity contribution in [3.63, 3.8) is 0 Å². The summed E-state index contributed by atoms with van der Waals surface area (Å²) in [4.78, 5) is 14.3. The molecular formula is C22H33N5O2. The molecule has 1 saturated carbocycles. The Kier molecular flexibility index (Phi) is 6.45. The summed E-state index contributed by atoms with van der Waals surface area (Å²) in [5.41, 5.74) is 2.16. The van der Waals surface area contributed by atoms with E-state index in [4.69, 9.17) is 14.7 Å². The number of hydrogen-bond donors (Lipinski definition) is 3. The van der Waals surface area contributed by atoms with Gasteiger partial charge in [-0.25, -0.2) is 15.0 Å². The van der Waals surface area contributed by atoms with Crippen LogP contribution in [0, 0.1) is 0 Å². The number of aliphatic hydroxyl groups excluding tert-OH is 1. The maximum Gasteiger partial charge on any atom is 0.223 e. The summed E-state index contributed by atoms with van der Waals surface area (Å²) in [5, 5.41) is 17.9. The first-order chi connectivity index (χ1) is 14.1. The van der Waals surface area contributed by atoms with Crippen LogP contribution in [0.3, 0.4) is 0 Å². The molecule has 1 aliphatic heterocycles. The van der Waals surface area contributed by atoms with Gasteiger partial charge in [0.15, 0.2) is 0 Å². The molecule has 0 aromatic carbocycles. The van der Waals surface area contributed by atoms with Gasteiger partial charge in [0.1, 0.15) is 5.82 Å². The number of nitrogens with zero attached hydrogens (tertiary/aromatic N) is 3. The van der Waals surface area contributed by atoms with Crippen molar-refractivity contribution in [3.8, 4) is 0 Å². The van der Waals surface area contributed by atoms with Gasteiger partial charge in [-0.2, -0.15) is 0 Å². The van der Waals surface area contributed by atoms with Crippen LogP contribution in [0.4, 0.5) is 11.8 Å². The lowest BCUT2D eigenvalue weighted by atomic mass is 9.82. The van der Waals surface area contributed by atoms with E-state index >= 15 is 0 Å². The molecule has 1 saturated heterocycles. The first-order valence-corrected chi connectivity index (χ1v) is 11.1. The molecule has 7 heteroatoms. The number of anilines is 2.